The van der Waals surface area contributed by atoms with Gasteiger partial charge in [0.2, 0.25) is 0 Å². The van der Waals surface area contributed by atoms with Crippen LogP contribution in [0.4, 0.5) is 8.78 Å². The summed E-state index contributed by atoms with van der Waals surface area (Å²) in [4.78, 5) is 7.34. The van der Waals surface area contributed by atoms with Crippen LogP contribution in [0.3, 0.4) is 0 Å². The van der Waals surface area contributed by atoms with Crippen LogP contribution in [0.1, 0.15) is 25.2 Å². The highest BCUT2D eigenvalue weighted by molar-refractivity contribution is 5.76. The van der Waals surface area contributed by atoms with E-state index in [2.05, 4.69) is 9.97 Å². The molecule has 4 heteroatoms. The molecule has 0 fully saturated rings. The largest absolute Gasteiger partial charge is 0.341 e. The number of benzene rings is 2. The fourth-order valence-corrected chi connectivity index (χ4v) is 2.30. The van der Waals surface area contributed by atoms with Gasteiger partial charge in [-0.15, -0.1) is 0 Å². The van der Waals surface area contributed by atoms with E-state index in [1.165, 1.54) is 6.07 Å². The molecule has 0 aliphatic rings. The lowest BCUT2D eigenvalue weighted by molar-refractivity contribution is 0.515. The Morgan fingerprint density at radius 2 is 1.70 bits per heavy atom. The lowest BCUT2D eigenvalue weighted by Gasteiger charge is -2.22. The number of hydrogen-bond acceptors (Lipinski definition) is 1. The maximum Gasteiger partial charge on any atom is 0.186 e. The molecule has 20 heavy (non-hydrogen) atoms. The number of rotatable bonds is 2. The maximum absolute atomic E-state index is 13.7. The van der Waals surface area contributed by atoms with E-state index in [-0.39, 0.29) is 5.52 Å². The molecule has 0 aliphatic carbocycles. The predicted octanol–water partition coefficient (Wildman–Crippen LogP) is 4.17. The van der Waals surface area contributed by atoms with Crippen molar-refractivity contribution in [2.45, 2.75) is 19.3 Å². The van der Waals surface area contributed by atoms with Gasteiger partial charge in [0.1, 0.15) is 11.3 Å². The van der Waals surface area contributed by atoms with Gasteiger partial charge in [0.15, 0.2) is 11.6 Å². The molecule has 1 aromatic heterocycles. The minimum Gasteiger partial charge on any atom is -0.341 e. The second-order valence-corrected chi connectivity index (χ2v) is 5.33. The Bertz CT molecular complexity index is 761. The summed E-state index contributed by atoms with van der Waals surface area (Å²) in [6.45, 7) is 3.99. The summed E-state index contributed by atoms with van der Waals surface area (Å²) in [6.07, 6.45) is 0. The summed E-state index contributed by atoms with van der Waals surface area (Å²) in [7, 11) is 0. The van der Waals surface area contributed by atoms with Crippen LogP contribution in [0.25, 0.3) is 11.0 Å². The molecule has 0 amide bonds. The molecule has 0 radical (unpaired) electrons. The molecule has 1 N–H and O–H groups in total. The van der Waals surface area contributed by atoms with Gasteiger partial charge in [-0.25, -0.2) is 13.8 Å². The van der Waals surface area contributed by atoms with E-state index >= 15 is 0 Å². The summed E-state index contributed by atoms with van der Waals surface area (Å²) in [5.41, 5.74) is 1.19. The van der Waals surface area contributed by atoms with Crippen LogP contribution in [0.2, 0.25) is 0 Å². The minimum absolute atomic E-state index is 0.0454. The molecule has 0 spiro atoms. The summed E-state index contributed by atoms with van der Waals surface area (Å²) in [6, 6.07) is 12.4. The van der Waals surface area contributed by atoms with E-state index in [9.17, 15) is 8.78 Å². The van der Waals surface area contributed by atoms with Gasteiger partial charge in [0.05, 0.1) is 5.52 Å². The molecular weight excluding hydrogens is 258 g/mol. The van der Waals surface area contributed by atoms with Crippen molar-refractivity contribution in [3.63, 3.8) is 0 Å². The van der Waals surface area contributed by atoms with Crippen LogP contribution < -0.4 is 0 Å². The number of halogens is 2. The standard InChI is InChI=1S/C16H14F2N2/c1-16(2,10-6-4-3-5-7-10)15-19-12-9-8-11(17)13(18)14(12)20-15/h3-9H,1-2H3,(H,19,20). The topological polar surface area (TPSA) is 28.7 Å². The molecule has 3 rings (SSSR count). The Morgan fingerprint density at radius 3 is 2.40 bits per heavy atom. The van der Waals surface area contributed by atoms with Crippen LogP contribution in [-0.4, -0.2) is 9.97 Å². The van der Waals surface area contributed by atoms with Gasteiger partial charge in [-0.2, -0.15) is 0 Å². The Labute approximate surface area is 115 Å². The third-order valence-electron chi connectivity index (χ3n) is 3.63. The molecule has 2 nitrogen and oxygen atoms in total. The Morgan fingerprint density at radius 1 is 1.00 bits per heavy atom. The monoisotopic (exact) mass is 272 g/mol. The first-order valence-corrected chi connectivity index (χ1v) is 6.40. The molecule has 0 saturated carbocycles. The van der Waals surface area contributed by atoms with Crippen molar-refractivity contribution in [1.82, 2.24) is 9.97 Å². The van der Waals surface area contributed by atoms with Crippen molar-refractivity contribution in [1.29, 1.82) is 0 Å². The zero-order valence-corrected chi connectivity index (χ0v) is 11.2. The van der Waals surface area contributed by atoms with E-state index < -0.39 is 17.0 Å². The first-order valence-electron chi connectivity index (χ1n) is 6.40. The SMILES string of the molecule is CC(C)(c1ccccc1)c1nc2c(F)c(F)ccc2[nH]1. The molecule has 2 aromatic carbocycles. The normalized spacial score (nSPS) is 12.0. The van der Waals surface area contributed by atoms with Crippen molar-refractivity contribution in [2.75, 3.05) is 0 Å². The van der Waals surface area contributed by atoms with E-state index in [1.54, 1.807) is 0 Å². The maximum atomic E-state index is 13.7. The summed E-state index contributed by atoms with van der Waals surface area (Å²) in [5, 5.41) is 0. The average molecular weight is 272 g/mol. The number of fused-ring (bicyclic) bond motifs is 1. The van der Waals surface area contributed by atoms with Gasteiger partial charge < -0.3 is 4.98 Å². The van der Waals surface area contributed by atoms with Crippen molar-refractivity contribution < 1.29 is 8.78 Å². The highest BCUT2D eigenvalue weighted by Gasteiger charge is 2.27. The molecule has 0 bridgehead atoms. The second-order valence-electron chi connectivity index (χ2n) is 5.33. The summed E-state index contributed by atoms with van der Waals surface area (Å²) < 4.78 is 27.0. The zero-order valence-electron chi connectivity index (χ0n) is 11.2. The molecular formula is C16H14F2N2. The van der Waals surface area contributed by atoms with Gasteiger partial charge in [-0.1, -0.05) is 30.3 Å². The fraction of sp³-hybridized carbons (Fsp3) is 0.188. The number of imidazole rings is 1. The fourth-order valence-electron chi connectivity index (χ4n) is 2.30. The third-order valence-corrected chi connectivity index (χ3v) is 3.63. The smallest absolute Gasteiger partial charge is 0.186 e. The average Bonchev–Trinajstić information content (AvgIpc) is 2.90. The quantitative estimate of drug-likeness (QED) is 0.745. The van der Waals surface area contributed by atoms with E-state index in [0.29, 0.717) is 11.3 Å². The van der Waals surface area contributed by atoms with E-state index in [4.69, 9.17) is 0 Å². The van der Waals surface area contributed by atoms with Gasteiger partial charge >= 0.3 is 0 Å². The Kier molecular flexibility index (Phi) is 2.82. The number of hydrogen-bond donors (Lipinski definition) is 1. The minimum atomic E-state index is -0.908. The second kappa shape index (κ2) is 4.40. The number of nitrogens with one attached hydrogen (secondary N) is 1. The summed E-state index contributed by atoms with van der Waals surface area (Å²) in [5.74, 6) is -1.18. The predicted molar refractivity (Wildman–Crippen MR) is 74.6 cm³/mol. The highest BCUT2D eigenvalue weighted by atomic mass is 19.2. The molecule has 3 aromatic rings. The van der Waals surface area contributed by atoms with Crippen LogP contribution in [0, 0.1) is 11.6 Å². The molecule has 0 unspecified atom stereocenters. The molecule has 102 valence electrons. The first-order chi connectivity index (χ1) is 9.50. The van der Waals surface area contributed by atoms with Crippen LogP contribution in [0.5, 0.6) is 0 Å². The summed E-state index contributed by atoms with van der Waals surface area (Å²) >= 11 is 0. The Balaban J connectivity index is 2.17. The van der Waals surface area contributed by atoms with Crippen molar-refractivity contribution in [2.24, 2.45) is 0 Å². The van der Waals surface area contributed by atoms with Crippen molar-refractivity contribution in [3.05, 3.63) is 65.5 Å². The molecule has 0 atom stereocenters. The van der Waals surface area contributed by atoms with Crippen LogP contribution in [0.15, 0.2) is 42.5 Å². The van der Waals surface area contributed by atoms with E-state index in [1.807, 2.05) is 44.2 Å². The molecule has 0 aliphatic heterocycles. The van der Waals surface area contributed by atoms with Crippen LogP contribution in [-0.2, 0) is 5.41 Å². The van der Waals surface area contributed by atoms with Gasteiger partial charge in [0, 0.05) is 5.41 Å². The lowest BCUT2D eigenvalue weighted by Crippen LogP contribution is -2.20. The molecule has 0 saturated heterocycles. The third kappa shape index (κ3) is 1.88. The highest BCUT2D eigenvalue weighted by Crippen LogP contribution is 2.31. The van der Waals surface area contributed by atoms with Gasteiger partial charge in [-0.05, 0) is 31.5 Å². The number of aromatic amines is 1. The molecule has 1 heterocycles. The van der Waals surface area contributed by atoms with Crippen molar-refractivity contribution >= 4 is 11.0 Å². The van der Waals surface area contributed by atoms with Gasteiger partial charge in [0.25, 0.3) is 0 Å². The number of aromatic nitrogens is 2. The van der Waals surface area contributed by atoms with Crippen molar-refractivity contribution in [3.8, 4) is 0 Å². The number of H-pyrrole nitrogens is 1. The van der Waals surface area contributed by atoms with Crippen LogP contribution >= 0.6 is 0 Å². The first kappa shape index (κ1) is 12.8. The Hall–Kier alpha value is -2.23. The lowest BCUT2D eigenvalue weighted by atomic mass is 9.84. The number of nitrogens with zero attached hydrogens (tertiary/aromatic N) is 1. The van der Waals surface area contributed by atoms with E-state index in [0.717, 1.165) is 11.6 Å². The van der Waals surface area contributed by atoms with Gasteiger partial charge in [-0.3, -0.25) is 0 Å². The zero-order chi connectivity index (χ0) is 14.3.